The lowest BCUT2D eigenvalue weighted by Crippen LogP contribution is -2.56. The summed E-state index contributed by atoms with van der Waals surface area (Å²) in [6.45, 7) is 8.05. The van der Waals surface area contributed by atoms with Crippen molar-refractivity contribution in [1.29, 1.82) is 0 Å². The summed E-state index contributed by atoms with van der Waals surface area (Å²) < 4.78 is 12.2. The molecule has 0 saturated carbocycles. The minimum Gasteiger partial charge on any atom is -0.463 e. The second-order valence-corrected chi connectivity index (χ2v) is 13.4. The molecule has 0 aliphatic carbocycles. The van der Waals surface area contributed by atoms with Gasteiger partial charge in [-0.25, -0.2) is 0 Å². The van der Waals surface area contributed by atoms with Crippen molar-refractivity contribution in [3.05, 3.63) is 90.5 Å². The van der Waals surface area contributed by atoms with Crippen molar-refractivity contribution in [2.24, 2.45) is 11.8 Å². The second kappa shape index (κ2) is 16.6. The van der Waals surface area contributed by atoms with Gasteiger partial charge in [0.2, 0.25) is 11.8 Å². The van der Waals surface area contributed by atoms with Gasteiger partial charge < -0.3 is 29.7 Å². The number of carbonyl (C=O) groups excluding carboxylic acids is 4. The molecule has 3 aliphatic heterocycles. The van der Waals surface area contributed by atoms with Crippen LogP contribution in [0.2, 0.25) is 5.02 Å². The molecule has 262 valence electrons. The number of benzene rings is 2. The van der Waals surface area contributed by atoms with Crippen molar-refractivity contribution in [2.75, 3.05) is 31.2 Å². The number of anilines is 1. The summed E-state index contributed by atoms with van der Waals surface area (Å²) in [6.07, 6.45) is 7.22. The smallest absolute Gasteiger partial charge is 0.306 e. The molecule has 2 aromatic rings. The summed E-state index contributed by atoms with van der Waals surface area (Å²) in [7, 11) is 0. The van der Waals surface area contributed by atoms with Crippen LogP contribution in [0.1, 0.15) is 63.0 Å². The number of nitrogens with one attached hydrogen (secondary N) is 1. The number of hydrogen-bond donors (Lipinski definition) is 2. The van der Waals surface area contributed by atoms with Crippen LogP contribution in [0.3, 0.4) is 0 Å². The molecule has 3 amide bonds. The Morgan fingerprint density at radius 1 is 1.08 bits per heavy atom. The second-order valence-electron chi connectivity index (χ2n) is 12.9. The fraction of sp³-hybridized carbons (Fsp3) is 0.474. The van der Waals surface area contributed by atoms with Crippen LogP contribution in [0, 0.1) is 11.8 Å². The van der Waals surface area contributed by atoms with Crippen molar-refractivity contribution in [3.8, 4) is 0 Å². The highest BCUT2D eigenvalue weighted by Gasteiger charge is 2.74. The Balaban J connectivity index is 1.44. The average Bonchev–Trinajstić information content (AvgIpc) is 3.75. The summed E-state index contributed by atoms with van der Waals surface area (Å²) in [5.41, 5.74) is 0.182. The van der Waals surface area contributed by atoms with E-state index in [2.05, 4.69) is 18.5 Å². The van der Waals surface area contributed by atoms with Crippen molar-refractivity contribution >= 4 is 41.0 Å². The minimum absolute atomic E-state index is 0.0770. The number of fused-ring (bicyclic) bond motifs is 1. The van der Waals surface area contributed by atoms with Crippen LogP contribution >= 0.6 is 11.6 Å². The molecule has 3 fully saturated rings. The van der Waals surface area contributed by atoms with E-state index >= 15 is 0 Å². The van der Waals surface area contributed by atoms with Gasteiger partial charge in [0, 0.05) is 36.8 Å². The summed E-state index contributed by atoms with van der Waals surface area (Å²) in [6, 6.07) is 14.6. The first-order valence-corrected chi connectivity index (χ1v) is 17.5. The average molecular weight is 692 g/mol. The van der Waals surface area contributed by atoms with E-state index in [1.54, 1.807) is 46.2 Å². The minimum atomic E-state index is -1.18. The third-order valence-corrected chi connectivity index (χ3v) is 10.1. The topological polar surface area (TPSA) is 125 Å². The van der Waals surface area contributed by atoms with E-state index in [0.29, 0.717) is 49.4 Å². The number of unbranched alkanes of at least 4 members (excludes halogenated alkanes) is 3. The quantitative estimate of drug-likeness (QED) is 0.126. The molecule has 49 heavy (non-hydrogen) atoms. The Morgan fingerprint density at radius 2 is 1.82 bits per heavy atom. The van der Waals surface area contributed by atoms with E-state index in [-0.39, 0.29) is 43.9 Å². The number of aliphatic hydroxyl groups excluding tert-OH is 1. The Kier molecular flexibility index (Phi) is 12.3. The molecule has 3 heterocycles. The highest BCUT2D eigenvalue weighted by Crippen LogP contribution is 2.58. The SMILES string of the molecule is C=CCCC(=O)OC[C@H](NC(=O)[C@@H]1[C@H]2C(=O)N(CCCCCCO)[C@H](C(=O)N(CC=C)c3ccc(Cl)cc3)[C@]23CC[C@H]1O3)c1ccccc1. The van der Waals surface area contributed by atoms with E-state index in [9.17, 15) is 24.3 Å². The van der Waals surface area contributed by atoms with Crippen LogP contribution in [-0.4, -0.2) is 77.7 Å². The van der Waals surface area contributed by atoms with Crippen molar-refractivity contribution in [1.82, 2.24) is 10.2 Å². The Labute approximate surface area is 293 Å². The molecule has 2 bridgehead atoms. The number of likely N-dealkylation sites (tertiary alicyclic amines) is 1. The maximum absolute atomic E-state index is 14.7. The monoisotopic (exact) mass is 691 g/mol. The van der Waals surface area contributed by atoms with Crippen LogP contribution in [0.5, 0.6) is 0 Å². The molecule has 10 nitrogen and oxygen atoms in total. The zero-order valence-corrected chi connectivity index (χ0v) is 28.6. The van der Waals surface area contributed by atoms with Gasteiger partial charge >= 0.3 is 5.97 Å². The number of allylic oxidation sites excluding steroid dienone is 1. The molecule has 3 saturated heterocycles. The molecular formula is C38H46ClN3O7. The molecule has 0 unspecified atom stereocenters. The van der Waals surface area contributed by atoms with E-state index in [4.69, 9.17) is 21.1 Å². The van der Waals surface area contributed by atoms with E-state index in [1.807, 2.05) is 30.3 Å². The number of esters is 1. The highest BCUT2D eigenvalue weighted by molar-refractivity contribution is 6.30. The molecule has 0 radical (unpaired) electrons. The van der Waals surface area contributed by atoms with Gasteiger partial charge in [-0.3, -0.25) is 19.2 Å². The lowest BCUT2D eigenvalue weighted by Gasteiger charge is -2.37. The predicted octanol–water partition coefficient (Wildman–Crippen LogP) is 5.15. The number of carbonyl (C=O) groups is 4. The fourth-order valence-corrected chi connectivity index (χ4v) is 7.71. The Morgan fingerprint density at radius 3 is 2.51 bits per heavy atom. The molecule has 2 N–H and O–H groups in total. The zero-order valence-electron chi connectivity index (χ0n) is 27.8. The number of nitrogens with zero attached hydrogens (tertiary/aromatic N) is 2. The van der Waals surface area contributed by atoms with Crippen molar-refractivity contribution in [3.63, 3.8) is 0 Å². The molecule has 5 rings (SSSR count). The summed E-state index contributed by atoms with van der Waals surface area (Å²) in [5.74, 6) is -3.04. The number of aliphatic hydroxyl groups is 1. The van der Waals surface area contributed by atoms with Gasteiger partial charge in [0.05, 0.1) is 24.0 Å². The van der Waals surface area contributed by atoms with Crippen LogP contribution in [0.25, 0.3) is 0 Å². The largest absolute Gasteiger partial charge is 0.463 e. The molecule has 0 aromatic heterocycles. The lowest BCUT2D eigenvalue weighted by atomic mass is 9.70. The first-order chi connectivity index (χ1) is 23.7. The van der Waals surface area contributed by atoms with Crippen LogP contribution < -0.4 is 10.2 Å². The van der Waals surface area contributed by atoms with Crippen LogP contribution in [0.15, 0.2) is 79.9 Å². The van der Waals surface area contributed by atoms with Crippen molar-refractivity contribution < 1.29 is 33.8 Å². The van der Waals surface area contributed by atoms with Gasteiger partial charge in [-0.2, -0.15) is 0 Å². The number of halogens is 1. The zero-order chi connectivity index (χ0) is 35.0. The lowest BCUT2D eigenvalue weighted by molar-refractivity contribution is -0.146. The Bertz CT molecular complexity index is 1500. The third kappa shape index (κ3) is 7.77. The fourth-order valence-electron chi connectivity index (χ4n) is 7.58. The molecular weight excluding hydrogens is 646 g/mol. The summed E-state index contributed by atoms with van der Waals surface area (Å²) in [4.78, 5) is 59.0. The van der Waals surface area contributed by atoms with E-state index < -0.39 is 41.6 Å². The van der Waals surface area contributed by atoms with Crippen molar-refractivity contribution in [2.45, 2.75) is 75.2 Å². The molecule has 1 spiro atoms. The van der Waals surface area contributed by atoms with E-state index in [0.717, 1.165) is 18.4 Å². The predicted molar refractivity (Wildman–Crippen MR) is 187 cm³/mol. The number of hydrogen-bond acceptors (Lipinski definition) is 7. The van der Waals surface area contributed by atoms with Gasteiger partial charge in [-0.15, -0.1) is 13.2 Å². The Hall–Kier alpha value is -3.99. The van der Waals surface area contributed by atoms with Gasteiger partial charge in [-0.1, -0.05) is 66.9 Å². The van der Waals surface area contributed by atoms with Gasteiger partial charge in [0.1, 0.15) is 18.2 Å². The molecule has 11 heteroatoms. The maximum atomic E-state index is 14.7. The van der Waals surface area contributed by atoms with Gasteiger partial charge in [0.15, 0.2) is 0 Å². The summed E-state index contributed by atoms with van der Waals surface area (Å²) >= 11 is 6.16. The summed E-state index contributed by atoms with van der Waals surface area (Å²) in [5, 5.41) is 12.8. The highest BCUT2D eigenvalue weighted by atomic mass is 35.5. The van der Waals surface area contributed by atoms with Gasteiger partial charge in [0.25, 0.3) is 5.91 Å². The third-order valence-electron chi connectivity index (χ3n) is 9.84. The molecule has 2 aromatic carbocycles. The standard InChI is InChI=1S/C38H46ClN3O7/c1-3-5-15-31(44)48-25-29(26-13-9-8-10-14-26)40-35(45)32-30-20-21-38(49-30)33(32)36(46)42(23-11-6-7-12-24-43)34(38)37(47)41(22-4-2)28-18-16-27(39)17-19-28/h3-4,8-10,13-14,16-19,29-30,32-34,43H,1-2,5-7,11-12,15,20-25H2,(H,40,45)/t29-,30+,32-,33-,34+,38-/m0/s1. The number of rotatable bonds is 18. The first kappa shape index (κ1) is 36.3. The van der Waals surface area contributed by atoms with Crippen LogP contribution in [0.4, 0.5) is 5.69 Å². The molecule has 6 atom stereocenters. The van der Waals surface area contributed by atoms with Crippen LogP contribution in [-0.2, 0) is 28.7 Å². The van der Waals surface area contributed by atoms with E-state index in [1.165, 1.54) is 0 Å². The normalized spacial score (nSPS) is 24.3. The molecule has 3 aliphatic rings. The number of amides is 3. The number of ether oxygens (including phenoxy) is 2. The first-order valence-electron chi connectivity index (χ1n) is 17.1. The van der Waals surface area contributed by atoms with Gasteiger partial charge in [-0.05, 0) is 61.9 Å². The maximum Gasteiger partial charge on any atom is 0.306 e.